The van der Waals surface area contributed by atoms with Crippen molar-refractivity contribution in [1.29, 1.82) is 0 Å². The van der Waals surface area contributed by atoms with Crippen LogP contribution in [0.2, 0.25) is 0 Å². The van der Waals surface area contributed by atoms with Gasteiger partial charge in [0, 0.05) is 11.6 Å². The number of aromatic nitrogens is 4. The molecule has 4 N–H and O–H groups in total. The van der Waals surface area contributed by atoms with Crippen LogP contribution in [0.5, 0.6) is 11.5 Å². The van der Waals surface area contributed by atoms with E-state index < -0.39 is 0 Å². The predicted octanol–water partition coefficient (Wildman–Crippen LogP) is 0.913. The van der Waals surface area contributed by atoms with E-state index in [-0.39, 0.29) is 22.7 Å². The van der Waals surface area contributed by atoms with Gasteiger partial charge in [-0.15, -0.1) is 0 Å². The summed E-state index contributed by atoms with van der Waals surface area (Å²) in [4.78, 5) is 25.4. The molecule has 2 aromatic heterocycles. The van der Waals surface area contributed by atoms with Crippen LogP contribution in [0.15, 0.2) is 23.0 Å². The number of fused-ring (bicyclic) bond motifs is 1. The lowest BCUT2D eigenvalue weighted by Crippen LogP contribution is -2.10. The van der Waals surface area contributed by atoms with Gasteiger partial charge >= 0.3 is 0 Å². The lowest BCUT2D eigenvalue weighted by Gasteiger charge is -2.06. The SMILES string of the molecule is COc1cc(OC)cc(-c2nc3nc(N)[nH]c(=O)c3[nH]2)c1. The summed E-state index contributed by atoms with van der Waals surface area (Å²) in [6.45, 7) is 0. The van der Waals surface area contributed by atoms with Crippen LogP contribution in [0.25, 0.3) is 22.6 Å². The van der Waals surface area contributed by atoms with E-state index in [9.17, 15) is 4.79 Å². The molecule has 0 aliphatic rings. The number of imidazole rings is 1. The van der Waals surface area contributed by atoms with E-state index in [0.29, 0.717) is 22.9 Å². The predicted molar refractivity (Wildman–Crippen MR) is 77.5 cm³/mol. The van der Waals surface area contributed by atoms with Gasteiger partial charge in [0.2, 0.25) is 5.95 Å². The fourth-order valence-corrected chi connectivity index (χ4v) is 2.01. The molecule has 8 heteroatoms. The number of rotatable bonds is 3. The minimum absolute atomic E-state index is 0.0220. The lowest BCUT2D eigenvalue weighted by atomic mass is 10.2. The summed E-state index contributed by atoms with van der Waals surface area (Å²) in [5.74, 6) is 1.73. The molecule has 0 unspecified atom stereocenters. The second-order valence-electron chi connectivity index (χ2n) is 4.34. The Hall–Kier alpha value is -3.03. The summed E-state index contributed by atoms with van der Waals surface area (Å²) < 4.78 is 10.4. The van der Waals surface area contributed by atoms with Gasteiger partial charge in [0.25, 0.3) is 5.56 Å². The minimum atomic E-state index is -0.369. The van der Waals surface area contributed by atoms with E-state index in [1.54, 1.807) is 32.4 Å². The highest BCUT2D eigenvalue weighted by Crippen LogP contribution is 2.28. The number of methoxy groups -OCH3 is 2. The van der Waals surface area contributed by atoms with Gasteiger partial charge in [0.05, 0.1) is 14.2 Å². The minimum Gasteiger partial charge on any atom is -0.497 e. The Morgan fingerprint density at radius 3 is 2.33 bits per heavy atom. The van der Waals surface area contributed by atoms with Crippen molar-refractivity contribution >= 4 is 17.1 Å². The molecule has 2 heterocycles. The second-order valence-corrected chi connectivity index (χ2v) is 4.34. The normalized spacial score (nSPS) is 10.8. The number of benzene rings is 1. The van der Waals surface area contributed by atoms with Gasteiger partial charge in [-0.2, -0.15) is 4.98 Å². The fourth-order valence-electron chi connectivity index (χ4n) is 2.01. The molecule has 0 atom stereocenters. The quantitative estimate of drug-likeness (QED) is 0.659. The molecule has 8 nitrogen and oxygen atoms in total. The topological polar surface area (TPSA) is 119 Å². The molecule has 1 aromatic carbocycles. The number of hydrogen-bond donors (Lipinski definition) is 3. The van der Waals surface area contributed by atoms with E-state index in [0.717, 1.165) is 0 Å². The van der Waals surface area contributed by atoms with E-state index in [1.807, 2.05) is 0 Å². The Bertz CT molecular complexity index is 846. The van der Waals surface area contributed by atoms with Crippen molar-refractivity contribution < 1.29 is 9.47 Å². The van der Waals surface area contributed by atoms with Crippen molar-refractivity contribution in [3.05, 3.63) is 28.6 Å². The van der Waals surface area contributed by atoms with Crippen molar-refractivity contribution in [1.82, 2.24) is 19.9 Å². The molecule has 0 radical (unpaired) electrons. The highest BCUT2D eigenvalue weighted by molar-refractivity contribution is 5.76. The third kappa shape index (κ3) is 2.27. The number of nitrogens with zero attached hydrogens (tertiary/aromatic N) is 2. The first-order valence-electron chi connectivity index (χ1n) is 6.09. The number of nitrogen functional groups attached to an aromatic ring is 1. The zero-order chi connectivity index (χ0) is 15.0. The molecule has 3 rings (SSSR count). The van der Waals surface area contributed by atoms with Crippen LogP contribution in [-0.4, -0.2) is 34.2 Å². The van der Waals surface area contributed by atoms with Crippen LogP contribution in [0.3, 0.4) is 0 Å². The first kappa shape index (κ1) is 13.0. The molecule has 0 amide bonds. The average molecular weight is 287 g/mol. The third-order valence-electron chi connectivity index (χ3n) is 3.00. The highest BCUT2D eigenvalue weighted by Gasteiger charge is 2.12. The summed E-state index contributed by atoms with van der Waals surface area (Å²) in [6.07, 6.45) is 0. The van der Waals surface area contributed by atoms with Crippen LogP contribution < -0.4 is 20.8 Å². The van der Waals surface area contributed by atoms with Crippen LogP contribution in [0, 0.1) is 0 Å². The van der Waals surface area contributed by atoms with Gasteiger partial charge in [-0.05, 0) is 12.1 Å². The monoisotopic (exact) mass is 287 g/mol. The molecule has 0 aliphatic heterocycles. The van der Waals surface area contributed by atoms with Crippen LogP contribution in [0.4, 0.5) is 5.95 Å². The third-order valence-corrected chi connectivity index (χ3v) is 3.00. The van der Waals surface area contributed by atoms with Gasteiger partial charge in [-0.3, -0.25) is 9.78 Å². The van der Waals surface area contributed by atoms with E-state index in [2.05, 4.69) is 19.9 Å². The molecule has 3 aromatic rings. The lowest BCUT2D eigenvalue weighted by molar-refractivity contribution is 0.394. The average Bonchev–Trinajstić information content (AvgIpc) is 2.91. The molecule has 21 heavy (non-hydrogen) atoms. The zero-order valence-electron chi connectivity index (χ0n) is 11.4. The first-order chi connectivity index (χ1) is 10.1. The van der Waals surface area contributed by atoms with Gasteiger partial charge in [0.1, 0.15) is 17.3 Å². The van der Waals surface area contributed by atoms with Gasteiger partial charge in [-0.1, -0.05) is 0 Å². The second kappa shape index (κ2) is 4.82. The number of nitrogens with two attached hydrogens (primary N) is 1. The zero-order valence-corrected chi connectivity index (χ0v) is 11.4. The smallest absolute Gasteiger partial charge is 0.278 e. The molecule has 0 saturated carbocycles. The number of H-pyrrole nitrogens is 2. The van der Waals surface area contributed by atoms with E-state index in [1.165, 1.54) is 0 Å². The Kier molecular flexibility index (Phi) is 2.98. The molecule has 0 bridgehead atoms. The highest BCUT2D eigenvalue weighted by atomic mass is 16.5. The summed E-state index contributed by atoms with van der Waals surface area (Å²) in [7, 11) is 3.12. The molecular weight excluding hydrogens is 274 g/mol. The van der Waals surface area contributed by atoms with Crippen LogP contribution in [0.1, 0.15) is 0 Å². The Morgan fingerprint density at radius 2 is 1.71 bits per heavy atom. The molecule has 108 valence electrons. The molecular formula is C13H13N5O3. The summed E-state index contributed by atoms with van der Waals surface area (Å²) in [6, 6.07) is 5.30. The number of hydrogen-bond acceptors (Lipinski definition) is 6. The van der Waals surface area contributed by atoms with Gasteiger partial charge < -0.3 is 20.2 Å². The molecule has 0 saturated heterocycles. The van der Waals surface area contributed by atoms with Crippen molar-refractivity contribution in [2.45, 2.75) is 0 Å². The van der Waals surface area contributed by atoms with Crippen molar-refractivity contribution in [2.24, 2.45) is 0 Å². The Balaban J connectivity index is 2.20. The number of nitrogens with one attached hydrogen (secondary N) is 2. The summed E-state index contributed by atoms with van der Waals surface area (Å²) in [5, 5.41) is 0. The van der Waals surface area contributed by atoms with Gasteiger partial charge in [-0.25, -0.2) is 4.98 Å². The maximum atomic E-state index is 11.8. The fraction of sp³-hybridized carbons (Fsp3) is 0.154. The Morgan fingerprint density at radius 1 is 1.05 bits per heavy atom. The van der Waals surface area contributed by atoms with Crippen molar-refractivity contribution in [3.63, 3.8) is 0 Å². The van der Waals surface area contributed by atoms with E-state index in [4.69, 9.17) is 15.2 Å². The van der Waals surface area contributed by atoms with Gasteiger partial charge in [0.15, 0.2) is 11.2 Å². The van der Waals surface area contributed by atoms with Crippen LogP contribution in [-0.2, 0) is 0 Å². The Labute approximate surface area is 118 Å². The molecule has 0 aliphatic carbocycles. The molecule has 0 fully saturated rings. The van der Waals surface area contributed by atoms with Crippen molar-refractivity contribution in [3.8, 4) is 22.9 Å². The largest absolute Gasteiger partial charge is 0.497 e. The number of ether oxygens (including phenoxy) is 2. The summed E-state index contributed by atoms with van der Waals surface area (Å²) in [5.41, 5.74) is 6.37. The maximum absolute atomic E-state index is 11.8. The van der Waals surface area contributed by atoms with E-state index >= 15 is 0 Å². The van der Waals surface area contributed by atoms with Crippen molar-refractivity contribution in [2.75, 3.05) is 20.0 Å². The number of aromatic amines is 2. The standard InChI is InChI=1S/C13H13N5O3/c1-20-7-3-6(4-8(5-7)21-2)10-15-9-11(16-10)17-13(14)18-12(9)19/h3-5H,1-2H3,(H4,14,15,16,17,18,19). The number of anilines is 1. The first-order valence-corrected chi connectivity index (χ1v) is 6.09. The maximum Gasteiger partial charge on any atom is 0.278 e. The summed E-state index contributed by atoms with van der Waals surface area (Å²) >= 11 is 0. The van der Waals surface area contributed by atoms with Crippen LogP contribution >= 0.6 is 0 Å². The molecule has 0 spiro atoms.